The monoisotopic (exact) mass is 380 g/mol. The zero-order valence-electron chi connectivity index (χ0n) is 16.3. The van der Waals surface area contributed by atoms with E-state index in [0.29, 0.717) is 32.1 Å². The van der Waals surface area contributed by atoms with E-state index in [4.69, 9.17) is 9.47 Å². The lowest BCUT2D eigenvalue weighted by Crippen LogP contribution is -2.67. The van der Waals surface area contributed by atoms with Gasteiger partial charge in [-0.05, 0) is 62.7 Å². The Hall–Kier alpha value is -0.690. The second kappa shape index (κ2) is 5.47. The number of methoxy groups -OCH3 is 1. The van der Waals surface area contributed by atoms with Gasteiger partial charge in [-0.2, -0.15) is 0 Å². The highest BCUT2D eigenvalue weighted by Gasteiger charge is 2.79. The Kier molecular flexibility index (Phi) is 3.71. The summed E-state index contributed by atoms with van der Waals surface area (Å²) in [5.74, 6) is -0.628. The van der Waals surface area contributed by atoms with Crippen molar-refractivity contribution in [3.8, 4) is 0 Å². The molecule has 6 nitrogen and oxygen atoms in total. The summed E-state index contributed by atoms with van der Waals surface area (Å²) in [5, 5.41) is 31.8. The molecule has 5 aliphatic rings. The van der Waals surface area contributed by atoms with E-state index in [2.05, 4.69) is 6.92 Å². The van der Waals surface area contributed by atoms with Gasteiger partial charge in [0.1, 0.15) is 0 Å². The maximum absolute atomic E-state index is 11.9. The molecule has 4 saturated carbocycles. The van der Waals surface area contributed by atoms with Gasteiger partial charge in [0.15, 0.2) is 6.29 Å². The molecular weight excluding hydrogens is 348 g/mol. The van der Waals surface area contributed by atoms with Crippen molar-refractivity contribution >= 4 is 5.97 Å². The molecule has 1 heterocycles. The van der Waals surface area contributed by atoms with Crippen LogP contribution in [0.15, 0.2) is 0 Å². The van der Waals surface area contributed by atoms with Crippen LogP contribution in [0.4, 0.5) is 0 Å². The number of carboxylic acid groups (broad SMARTS) is 1. The highest BCUT2D eigenvalue weighted by Crippen LogP contribution is 2.75. The Morgan fingerprint density at radius 2 is 1.85 bits per heavy atom. The van der Waals surface area contributed by atoms with Gasteiger partial charge in [-0.3, -0.25) is 4.79 Å². The number of aliphatic carboxylic acids is 1. The number of aliphatic hydroxyl groups is 2. The largest absolute Gasteiger partial charge is 0.481 e. The molecule has 3 N–H and O–H groups in total. The molecule has 2 bridgehead atoms. The van der Waals surface area contributed by atoms with Crippen LogP contribution in [0.3, 0.4) is 0 Å². The Morgan fingerprint density at radius 3 is 2.56 bits per heavy atom. The number of fused-ring (bicyclic) bond motifs is 1. The molecule has 0 radical (unpaired) electrons. The van der Waals surface area contributed by atoms with E-state index < -0.39 is 35.0 Å². The lowest BCUT2D eigenvalue weighted by atomic mass is 9.42. The third-order valence-electron chi connectivity index (χ3n) is 9.63. The van der Waals surface area contributed by atoms with Crippen LogP contribution in [-0.2, 0) is 14.3 Å². The summed E-state index contributed by atoms with van der Waals surface area (Å²) in [4.78, 5) is 11.9. The van der Waals surface area contributed by atoms with Crippen molar-refractivity contribution in [2.75, 3.05) is 7.11 Å². The fraction of sp³-hybridized carbons (Fsp3) is 0.952. The van der Waals surface area contributed by atoms with Crippen LogP contribution in [-0.4, -0.2) is 52.0 Å². The van der Waals surface area contributed by atoms with Crippen LogP contribution in [0.5, 0.6) is 0 Å². The molecule has 27 heavy (non-hydrogen) atoms. The molecule has 152 valence electrons. The van der Waals surface area contributed by atoms with E-state index in [-0.39, 0.29) is 23.2 Å². The second-order valence-corrected chi connectivity index (χ2v) is 10.2. The van der Waals surface area contributed by atoms with E-state index >= 15 is 0 Å². The van der Waals surface area contributed by atoms with Gasteiger partial charge in [0.05, 0.1) is 28.6 Å². The Balaban J connectivity index is 1.61. The van der Waals surface area contributed by atoms with Crippen molar-refractivity contribution in [3.63, 3.8) is 0 Å². The molecule has 1 aliphatic heterocycles. The molecule has 0 aromatic carbocycles. The second-order valence-electron chi connectivity index (χ2n) is 10.2. The standard InChI is InChI=1S/C21H32O6/c1-18-7-6-15-20-8-5-12(22)11-19(20,25)9-10-21(15,27-17(20)26-2)14(18)4-3-13(18)16(23)24/h12-15,17,22,25H,3-11H2,1-2H3,(H,23,24)/t12-,13-,14-,15-,17-,18-,19+,20-,21-/m1/s1. The lowest BCUT2D eigenvalue weighted by molar-refractivity contribution is -0.239. The minimum atomic E-state index is -0.964. The fourth-order valence-electron chi connectivity index (χ4n) is 8.62. The van der Waals surface area contributed by atoms with Gasteiger partial charge in [0, 0.05) is 19.4 Å². The predicted octanol–water partition coefficient (Wildman–Crippen LogP) is 2.31. The summed E-state index contributed by atoms with van der Waals surface area (Å²) >= 11 is 0. The molecule has 0 unspecified atom stereocenters. The van der Waals surface area contributed by atoms with Crippen molar-refractivity contribution < 1.29 is 29.6 Å². The Labute approximate surface area is 160 Å². The SMILES string of the molecule is CO[C@@H]1O[C@@]23CC[C@]4(O)C[C@H](O)CC[C@@]14[C@H]2CC[C@]1(C)[C@@H](C(=O)O)CC[C@H]13. The van der Waals surface area contributed by atoms with Gasteiger partial charge < -0.3 is 24.8 Å². The first-order valence-electron chi connectivity index (χ1n) is 10.6. The maximum atomic E-state index is 11.9. The quantitative estimate of drug-likeness (QED) is 0.680. The summed E-state index contributed by atoms with van der Waals surface area (Å²) in [6, 6.07) is 0. The number of carboxylic acids is 1. The van der Waals surface area contributed by atoms with Gasteiger partial charge in [-0.25, -0.2) is 0 Å². The topological polar surface area (TPSA) is 96.2 Å². The van der Waals surface area contributed by atoms with Crippen molar-refractivity contribution in [3.05, 3.63) is 0 Å². The van der Waals surface area contributed by atoms with Gasteiger partial charge >= 0.3 is 5.97 Å². The summed E-state index contributed by atoms with van der Waals surface area (Å²) in [5.41, 5.74) is -2.10. The van der Waals surface area contributed by atoms with Crippen LogP contribution in [0.25, 0.3) is 0 Å². The number of rotatable bonds is 2. The minimum Gasteiger partial charge on any atom is -0.481 e. The minimum absolute atomic E-state index is 0.173. The molecule has 0 amide bonds. The average molecular weight is 380 g/mol. The van der Waals surface area contributed by atoms with Crippen molar-refractivity contribution in [2.24, 2.45) is 28.6 Å². The van der Waals surface area contributed by atoms with Gasteiger partial charge in [0.2, 0.25) is 0 Å². The summed E-state index contributed by atoms with van der Waals surface area (Å²) in [7, 11) is 1.65. The summed E-state index contributed by atoms with van der Waals surface area (Å²) in [6.45, 7) is 2.15. The van der Waals surface area contributed by atoms with Crippen molar-refractivity contribution in [1.82, 2.24) is 0 Å². The van der Waals surface area contributed by atoms with Gasteiger partial charge in [0.25, 0.3) is 0 Å². The number of aliphatic hydroxyl groups excluding tert-OH is 1. The molecule has 5 rings (SSSR count). The molecule has 9 atom stereocenters. The third-order valence-corrected chi connectivity index (χ3v) is 9.63. The number of hydrogen-bond donors (Lipinski definition) is 3. The first-order valence-corrected chi connectivity index (χ1v) is 10.6. The van der Waals surface area contributed by atoms with E-state index in [1.807, 2.05) is 0 Å². The number of ether oxygens (including phenoxy) is 2. The predicted molar refractivity (Wildman–Crippen MR) is 95.8 cm³/mol. The van der Waals surface area contributed by atoms with Crippen molar-refractivity contribution in [1.29, 1.82) is 0 Å². The third kappa shape index (κ3) is 1.93. The first-order chi connectivity index (χ1) is 12.7. The first kappa shape index (κ1) is 18.3. The van der Waals surface area contributed by atoms with E-state index in [1.54, 1.807) is 7.11 Å². The maximum Gasteiger partial charge on any atom is 0.307 e. The molecule has 1 spiro atoms. The summed E-state index contributed by atoms with van der Waals surface area (Å²) in [6.07, 6.45) is 5.47. The normalized spacial score (nSPS) is 59.0. The molecule has 5 fully saturated rings. The molecule has 1 saturated heterocycles. The van der Waals surface area contributed by atoms with E-state index in [9.17, 15) is 20.1 Å². The van der Waals surface area contributed by atoms with E-state index in [0.717, 1.165) is 25.7 Å². The zero-order valence-corrected chi connectivity index (χ0v) is 16.3. The van der Waals surface area contributed by atoms with Crippen LogP contribution in [0.1, 0.15) is 64.7 Å². The van der Waals surface area contributed by atoms with Crippen LogP contribution >= 0.6 is 0 Å². The molecular formula is C21H32O6. The molecule has 0 aromatic heterocycles. The average Bonchev–Trinajstić information content (AvgIpc) is 3.07. The summed E-state index contributed by atoms with van der Waals surface area (Å²) < 4.78 is 12.6. The Bertz CT molecular complexity index is 667. The van der Waals surface area contributed by atoms with Crippen LogP contribution < -0.4 is 0 Å². The van der Waals surface area contributed by atoms with E-state index in [1.165, 1.54) is 0 Å². The molecule has 6 heteroatoms. The number of hydrogen-bond acceptors (Lipinski definition) is 5. The lowest BCUT2D eigenvalue weighted by Gasteiger charge is -2.62. The highest BCUT2D eigenvalue weighted by molar-refractivity contribution is 5.71. The van der Waals surface area contributed by atoms with Crippen LogP contribution in [0.2, 0.25) is 0 Å². The van der Waals surface area contributed by atoms with Gasteiger partial charge in [-0.1, -0.05) is 6.92 Å². The fourth-order valence-corrected chi connectivity index (χ4v) is 8.62. The molecule has 0 aromatic rings. The smallest absolute Gasteiger partial charge is 0.307 e. The van der Waals surface area contributed by atoms with Crippen LogP contribution in [0, 0.1) is 28.6 Å². The highest BCUT2D eigenvalue weighted by atomic mass is 16.7. The number of carbonyl (C=O) groups is 1. The zero-order chi connectivity index (χ0) is 19.2. The van der Waals surface area contributed by atoms with Crippen molar-refractivity contribution in [2.45, 2.75) is 88.3 Å². The Morgan fingerprint density at radius 1 is 1.07 bits per heavy atom. The van der Waals surface area contributed by atoms with Gasteiger partial charge in [-0.15, -0.1) is 0 Å². The molecule has 4 aliphatic carbocycles.